The predicted octanol–water partition coefficient (Wildman–Crippen LogP) is 1.34. The lowest BCUT2D eigenvalue weighted by Crippen LogP contribution is -2.11. The van der Waals surface area contributed by atoms with Gasteiger partial charge in [-0.25, -0.2) is 14.6 Å². The summed E-state index contributed by atoms with van der Waals surface area (Å²) in [6.07, 6.45) is 1.12. The largest absolute Gasteiger partial charge is 0.505 e. The molecule has 0 saturated heterocycles. The van der Waals surface area contributed by atoms with Crippen LogP contribution in [0.5, 0.6) is 5.75 Å². The molecule has 2 N–H and O–H groups in total. The number of nitriles is 1. The van der Waals surface area contributed by atoms with E-state index >= 15 is 0 Å². The van der Waals surface area contributed by atoms with Gasteiger partial charge in [0.25, 0.3) is 0 Å². The number of aromatic hydroxyl groups is 1. The standard InChI is InChI=1S/C11H5N3O4S/c12-3-6-10-5(1-2-19-10)9(16)7(14-6)8(11(17)18)13-4-15/h1-2,8,16H,(H,17,18). The molecule has 0 saturated carbocycles. The Morgan fingerprint density at radius 2 is 2.32 bits per heavy atom. The summed E-state index contributed by atoms with van der Waals surface area (Å²) in [6.45, 7) is 0. The van der Waals surface area contributed by atoms with Gasteiger partial charge in [0, 0.05) is 5.39 Å². The number of carbonyl (C=O) groups is 1. The zero-order chi connectivity index (χ0) is 14.0. The molecule has 0 aliphatic heterocycles. The van der Waals surface area contributed by atoms with Crippen molar-refractivity contribution < 1.29 is 19.8 Å². The van der Waals surface area contributed by atoms with Crippen molar-refractivity contribution in [2.24, 2.45) is 4.99 Å². The number of hydrogen-bond acceptors (Lipinski definition) is 7. The molecule has 2 rings (SSSR count). The first-order valence-corrected chi connectivity index (χ1v) is 5.78. The summed E-state index contributed by atoms with van der Waals surface area (Å²) in [5, 5.41) is 29.9. The first-order valence-electron chi connectivity index (χ1n) is 4.90. The van der Waals surface area contributed by atoms with E-state index < -0.39 is 17.8 Å². The van der Waals surface area contributed by atoms with Gasteiger partial charge in [0.1, 0.15) is 17.5 Å². The van der Waals surface area contributed by atoms with Crippen molar-refractivity contribution >= 4 is 33.5 Å². The average Bonchev–Trinajstić information content (AvgIpc) is 2.87. The van der Waals surface area contributed by atoms with Gasteiger partial charge in [0.2, 0.25) is 12.1 Å². The van der Waals surface area contributed by atoms with Crippen LogP contribution in [-0.2, 0) is 9.59 Å². The minimum absolute atomic E-state index is 0.0230. The van der Waals surface area contributed by atoms with Crippen molar-refractivity contribution in [3.8, 4) is 11.8 Å². The summed E-state index contributed by atoms with van der Waals surface area (Å²) in [5.74, 6) is -1.87. The van der Waals surface area contributed by atoms with E-state index in [-0.39, 0.29) is 11.4 Å². The lowest BCUT2D eigenvalue weighted by molar-refractivity contribution is -0.138. The molecule has 94 valence electrons. The fraction of sp³-hybridized carbons (Fsp3) is 0.0909. The molecule has 2 aromatic rings. The van der Waals surface area contributed by atoms with Gasteiger partial charge < -0.3 is 10.2 Å². The second-order valence-corrected chi connectivity index (χ2v) is 4.35. The molecule has 2 aromatic heterocycles. The Morgan fingerprint density at radius 3 is 2.89 bits per heavy atom. The van der Waals surface area contributed by atoms with Gasteiger partial charge in [-0.1, -0.05) is 0 Å². The molecule has 0 radical (unpaired) electrons. The molecule has 0 fully saturated rings. The van der Waals surface area contributed by atoms with E-state index in [1.165, 1.54) is 17.4 Å². The smallest absolute Gasteiger partial charge is 0.335 e. The topological polar surface area (TPSA) is 124 Å². The molecule has 0 amide bonds. The molecule has 0 aromatic carbocycles. The van der Waals surface area contributed by atoms with Crippen LogP contribution < -0.4 is 0 Å². The van der Waals surface area contributed by atoms with Crippen molar-refractivity contribution in [3.05, 3.63) is 22.8 Å². The summed E-state index contributed by atoms with van der Waals surface area (Å²) in [5.41, 5.74) is -0.372. The molecule has 8 heteroatoms. The first kappa shape index (κ1) is 12.7. The van der Waals surface area contributed by atoms with Crippen LogP contribution in [0.3, 0.4) is 0 Å². The first-order chi connectivity index (χ1) is 9.10. The van der Waals surface area contributed by atoms with Gasteiger partial charge in [0.05, 0.1) is 4.70 Å². The number of nitrogens with zero attached hydrogens (tertiary/aromatic N) is 3. The zero-order valence-electron chi connectivity index (χ0n) is 9.19. The summed E-state index contributed by atoms with van der Waals surface area (Å²) in [4.78, 5) is 28.1. The fourth-order valence-electron chi connectivity index (χ4n) is 1.59. The third-order valence-electron chi connectivity index (χ3n) is 2.39. The highest BCUT2D eigenvalue weighted by Crippen LogP contribution is 2.36. The Kier molecular flexibility index (Phi) is 3.25. The minimum Gasteiger partial charge on any atom is -0.505 e. The highest BCUT2D eigenvalue weighted by molar-refractivity contribution is 7.17. The lowest BCUT2D eigenvalue weighted by atomic mass is 10.1. The molecular formula is C11H5N3O4S. The van der Waals surface area contributed by atoms with Crippen molar-refractivity contribution in [1.82, 2.24) is 4.98 Å². The van der Waals surface area contributed by atoms with E-state index in [1.807, 2.05) is 6.07 Å². The van der Waals surface area contributed by atoms with E-state index in [4.69, 9.17) is 10.4 Å². The summed E-state index contributed by atoms with van der Waals surface area (Å²) in [7, 11) is 0. The number of carboxylic acids is 1. The van der Waals surface area contributed by atoms with Crippen LogP contribution in [0.1, 0.15) is 17.4 Å². The van der Waals surface area contributed by atoms with Gasteiger partial charge in [-0.2, -0.15) is 10.3 Å². The number of hydrogen-bond donors (Lipinski definition) is 2. The molecular weight excluding hydrogens is 270 g/mol. The molecule has 1 atom stereocenters. The number of aliphatic carboxylic acids is 1. The predicted molar refractivity (Wildman–Crippen MR) is 64.5 cm³/mol. The SMILES string of the molecule is N#Cc1nc(C(N=C=O)C(=O)O)c(O)c2ccsc12. The number of pyridine rings is 1. The van der Waals surface area contributed by atoms with Crippen molar-refractivity contribution in [3.63, 3.8) is 0 Å². The third-order valence-corrected chi connectivity index (χ3v) is 3.31. The maximum atomic E-state index is 11.0. The summed E-state index contributed by atoms with van der Waals surface area (Å²) in [6, 6.07) is 1.66. The fourth-order valence-corrected chi connectivity index (χ4v) is 2.43. The Hall–Kier alpha value is -2.75. The van der Waals surface area contributed by atoms with E-state index in [1.54, 1.807) is 5.38 Å². The lowest BCUT2D eigenvalue weighted by Gasteiger charge is -2.08. The van der Waals surface area contributed by atoms with E-state index in [0.717, 1.165) is 6.08 Å². The third kappa shape index (κ3) is 2.04. The zero-order valence-corrected chi connectivity index (χ0v) is 10.0. The van der Waals surface area contributed by atoms with Crippen LogP contribution in [-0.4, -0.2) is 27.2 Å². The Labute approximate surface area is 110 Å². The van der Waals surface area contributed by atoms with Crippen molar-refractivity contribution in [2.45, 2.75) is 6.04 Å². The number of aliphatic imine (C=N–C) groups is 1. The van der Waals surface area contributed by atoms with Gasteiger partial charge in [-0.05, 0) is 11.4 Å². The molecule has 0 aliphatic carbocycles. The van der Waals surface area contributed by atoms with Crippen LogP contribution in [0.4, 0.5) is 0 Å². The van der Waals surface area contributed by atoms with Crippen LogP contribution >= 0.6 is 11.3 Å². The molecule has 19 heavy (non-hydrogen) atoms. The van der Waals surface area contributed by atoms with Crippen LogP contribution in [0.25, 0.3) is 10.1 Å². The quantitative estimate of drug-likeness (QED) is 0.643. The van der Waals surface area contributed by atoms with Crippen molar-refractivity contribution in [2.75, 3.05) is 0 Å². The number of carbonyl (C=O) groups excluding carboxylic acids is 1. The molecule has 7 nitrogen and oxygen atoms in total. The normalized spacial score (nSPS) is 11.5. The van der Waals surface area contributed by atoms with Crippen molar-refractivity contribution in [1.29, 1.82) is 5.26 Å². The number of thiophene rings is 1. The van der Waals surface area contributed by atoms with E-state index in [0.29, 0.717) is 10.1 Å². The monoisotopic (exact) mass is 275 g/mol. The molecule has 0 spiro atoms. The minimum atomic E-state index is -1.69. The molecule has 0 bridgehead atoms. The molecule has 2 heterocycles. The number of rotatable bonds is 3. The van der Waals surface area contributed by atoms with E-state index in [2.05, 4.69) is 9.98 Å². The van der Waals surface area contributed by atoms with Gasteiger partial charge in [0.15, 0.2) is 5.69 Å². The highest BCUT2D eigenvalue weighted by atomic mass is 32.1. The molecule has 0 aliphatic rings. The van der Waals surface area contributed by atoms with E-state index in [9.17, 15) is 14.7 Å². The Balaban J connectivity index is 2.80. The van der Waals surface area contributed by atoms with Crippen LogP contribution in [0.15, 0.2) is 16.4 Å². The van der Waals surface area contributed by atoms with Gasteiger partial charge in [-0.3, -0.25) is 0 Å². The van der Waals surface area contributed by atoms with Gasteiger partial charge >= 0.3 is 5.97 Å². The van der Waals surface area contributed by atoms with Crippen LogP contribution in [0, 0.1) is 11.3 Å². The molecule has 1 unspecified atom stereocenters. The Morgan fingerprint density at radius 1 is 1.58 bits per heavy atom. The number of aromatic nitrogens is 1. The highest BCUT2D eigenvalue weighted by Gasteiger charge is 2.27. The summed E-state index contributed by atoms with van der Waals surface area (Å²) < 4.78 is 0.447. The second kappa shape index (κ2) is 4.86. The summed E-state index contributed by atoms with van der Waals surface area (Å²) >= 11 is 1.19. The maximum Gasteiger partial charge on any atom is 0.335 e. The maximum absolute atomic E-state index is 11.0. The average molecular weight is 275 g/mol. The van der Waals surface area contributed by atoms with Crippen LogP contribution in [0.2, 0.25) is 0 Å². The van der Waals surface area contributed by atoms with Gasteiger partial charge in [-0.15, -0.1) is 11.3 Å². The Bertz CT molecular complexity index is 753. The number of carboxylic acid groups (broad SMARTS) is 1. The number of isocyanates is 1. The second-order valence-electron chi connectivity index (χ2n) is 3.43. The number of fused-ring (bicyclic) bond motifs is 1.